The molecule has 1 N–H and O–H groups in total. The third-order valence-electron chi connectivity index (χ3n) is 4.52. The van der Waals surface area contributed by atoms with Gasteiger partial charge in [-0.15, -0.1) is 0 Å². The van der Waals surface area contributed by atoms with Crippen LogP contribution < -0.4 is 0 Å². The number of ether oxygens (including phenoxy) is 1. The van der Waals surface area contributed by atoms with Crippen molar-refractivity contribution in [2.24, 2.45) is 0 Å². The van der Waals surface area contributed by atoms with Gasteiger partial charge in [0.2, 0.25) is 0 Å². The summed E-state index contributed by atoms with van der Waals surface area (Å²) < 4.78 is 5.86. The van der Waals surface area contributed by atoms with Crippen LogP contribution in [0.2, 0.25) is 0 Å². The summed E-state index contributed by atoms with van der Waals surface area (Å²) in [5.74, 6) is -0.0241. The van der Waals surface area contributed by atoms with E-state index in [1.54, 1.807) is 12.1 Å². The largest absolute Gasteiger partial charge is 0.508 e. The molecule has 3 aromatic carbocycles. The number of allylic oxidation sites excluding steroid dienone is 1. The predicted molar refractivity (Wildman–Crippen MR) is 116 cm³/mol. The van der Waals surface area contributed by atoms with Crippen LogP contribution in [0, 0.1) is 0 Å². The van der Waals surface area contributed by atoms with Gasteiger partial charge < -0.3 is 9.84 Å². The zero-order valence-corrected chi connectivity index (χ0v) is 17.1. The van der Waals surface area contributed by atoms with Gasteiger partial charge in [0.25, 0.3) is 0 Å². The maximum Gasteiger partial charge on any atom is 0.305 e. The van der Waals surface area contributed by atoms with Crippen molar-refractivity contribution in [2.45, 2.75) is 12.8 Å². The highest BCUT2D eigenvalue weighted by atomic mass is 79.9. The zero-order chi connectivity index (χ0) is 19.9. The Bertz CT molecular complexity index is 911. The van der Waals surface area contributed by atoms with E-state index in [9.17, 15) is 9.90 Å². The lowest BCUT2D eigenvalue weighted by Crippen LogP contribution is -2.02. The van der Waals surface area contributed by atoms with Crippen molar-refractivity contribution < 1.29 is 14.6 Å². The Kier molecular flexibility index (Phi) is 6.66. The van der Waals surface area contributed by atoms with Crippen molar-refractivity contribution in [2.75, 3.05) is 7.11 Å². The van der Waals surface area contributed by atoms with E-state index < -0.39 is 0 Å². The summed E-state index contributed by atoms with van der Waals surface area (Å²) in [7, 11) is 1.41. The maximum absolute atomic E-state index is 11.8. The highest BCUT2D eigenvalue weighted by molar-refractivity contribution is 9.10. The van der Waals surface area contributed by atoms with Gasteiger partial charge in [0, 0.05) is 10.9 Å². The molecule has 0 spiro atoms. The first kappa shape index (κ1) is 19.9. The van der Waals surface area contributed by atoms with Crippen LogP contribution in [0.25, 0.3) is 11.1 Å². The van der Waals surface area contributed by atoms with E-state index in [4.69, 9.17) is 4.74 Å². The molecular formula is C24H21BrO3. The quantitative estimate of drug-likeness (QED) is 0.376. The number of phenolic OH excluding ortho intramolecular Hbond substituents is 1. The molecule has 0 fully saturated rings. The number of benzene rings is 3. The molecule has 3 rings (SSSR count). The Balaban J connectivity index is 2.22. The summed E-state index contributed by atoms with van der Waals surface area (Å²) in [5, 5.41) is 9.73. The fourth-order valence-corrected chi connectivity index (χ4v) is 3.41. The van der Waals surface area contributed by atoms with Crippen molar-refractivity contribution >= 4 is 33.0 Å². The van der Waals surface area contributed by atoms with Crippen LogP contribution in [0.15, 0.2) is 83.3 Å². The first-order chi connectivity index (χ1) is 13.6. The third kappa shape index (κ3) is 4.90. The average Bonchev–Trinajstić information content (AvgIpc) is 2.73. The zero-order valence-electron chi connectivity index (χ0n) is 15.6. The lowest BCUT2D eigenvalue weighted by Gasteiger charge is -2.17. The van der Waals surface area contributed by atoms with Crippen LogP contribution in [0.1, 0.15) is 29.5 Å². The van der Waals surface area contributed by atoms with Crippen LogP contribution in [-0.2, 0) is 9.53 Å². The first-order valence-electron chi connectivity index (χ1n) is 8.99. The Morgan fingerprint density at radius 2 is 1.39 bits per heavy atom. The molecule has 0 saturated carbocycles. The molecule has 28 heavy (non-hydrogen) atoms. The van der Waals surface area contributed by atoms with Gasteiger partial charge in [-0.25, -0.2) is 0 Å². The van der Waals surface area contributed by atoms with Crippen LogP contribution in [0.5, 0.6) is 5.75 Å². The van der Waals surface area contributed by atoms with Crippen LogP contribution in [-0.4, -0.2) is 18.2 Å². The van der Waals surface area contributed by atoms with Crippen LogP contribution in [0.4, 0.5) is 0 Å². The number of hydrogen-bond donors (Lipinski definition) is 1. The number of carbonyl (C=O) groups is 1. The van der Waals surface area contributed by atoms with Crippen LogP contribution in [0.3, 0.4) is 0 Å². The molecule has 142 valence electrons. The number of esters is 1. The summed E-state index contributed by atoms with van der Waals surface area (Å²) >= 11 is 3.49. The Hall–Kier alpha value is -2.85. The summed E-state index contributed by atoms with van der Waals surface area (Å²) in [5.41, 5.74) is 5.15. The third-order valence-corrected chi connectivity index (χ3v) is 5.05. The second kappa shape index (κ2) is 9.38. The van der Waals surface area contributed by atoms with Crippen LogP contribution >= 0.6 is 15.9 Å². The van der Waals surface area contributed by atoms with Crippen molar-refractivity contribution in [3.8, 4) is 5.75 Å². The van der Waals surface area contributed by atoms with Gasteiger partial charge in [-0.05, 0) is 58.5 Å². The molecule has 0 bridgehead atoms. The number of phenols is 1. The molecule has 0 atom stereocenters. The smallest absolute Gasteiger partial charge is 0.305 e. The second-order valence-electron chi connectivity index (χ2n) is 6.35. The van der Waals surface area contributed by atoms with Crippen molar-refractivity contribution in [3.05, 3.63) is 100 Å². The molecule has 0 radical (unpaired) electrons. The molecule has 0 unspecified atom stereocenters. The van der Waals surface area contributed by atoms with Gasteiger partial charge in [0.05, 0.1) is 7.11 Å². The van der Waals surface area contributed by atoms with Gasteiger partial charge in [0.15, 0.2) is 0 Å². The summed E-state index contributed by atoms with van der Waals surface area (Å²) in [6.45, 7) is 0. The van der Waals surface area contributed by atoms with Gasteiger partial charge in [-0.3, -0.25) is 4.79 Å². The fraction of sp³-hybridized carbons (Fsp3) is 0.125. The lowest BCUT2D eigenvalue weighted by molar-refractivity contribution is -0.140. The van der Waals surface area contributed by atoms with Gasteiger partial charge in [-0.2, -0.15) is 0 Å². The normalized spacial score (nSPS) is 11.6. The Morgan fingerprint density at radius 1 is 0.821 bits per heavy atom. The minimum Gasteiger partial charge on any atom is -0.508 e. The molecule has 0 aliphatic heterocycles. The first-order valence-corrected chi connectivity index (χ1v) is 9.78. The topological polar surface area (TPSA) is 46.5 Å². The highest BCUT2D eigenvalue weighted by Crippen LogP contribution is 2.36. The summed E-state index contributed by atoms with van der Waals surface area (Å²) in [6, 6.07) is 25.3. The van der Waals surface area contributed by atoms with Gasteiger partial charge in [0.1, 0.15) is 5.75 Å². The van der Waals surface area contributed by atoms with E-state index in [1.165, 1.54) is 7.11 Å². The van der Waals surface area contributed by atoms with Crippen molar-refractivity contribution in [1.82, 2.24) is 0 Å². The monoisotopic (exact) mass is 436 g/mol. The van der Waals surface area contributed by atoms with Crippen molar-refractivity contribution in [3.63, 3.8) is 0 Å². The standard InChI is InChI=1S/C24H21BrO3/c1-28-23(27)16-15-22(17-5-3-2-4-6-17)24(18-7-11-20(25)12-8-18)19-9-13-21(26)14-10-19/h2-14,26H,15-16H2,1H3/b24-22+. The molecular weight excluding hydrogens is 416 g/mol. The maximum atomic E-state index is 11.8. The average molecular weight is 437 g/mol. The lowest BCUT2D eigenvalue weighted by atomic mass is 9.87. The summed E-state index contributed by atoms with van der Waals surface area (Å²) in [4.78, 5) is 11.8. The summed E-state index contributed by atoms with van der Waals surface area (Å²) in [6.07, 6.45) is 0.835. The molecule has 4 heteroatoms. The van der Waals surface area contributed by atoms with Crippen molar-refractivity contribution in [1.29, 1.82) is 0 Å². The number of rotatable bonds is 6. The molecule has 0 heterocycles. The number of aromatic hydroxyl groups is 1. The van der Waals surface area contributed by atoms with E-state index >= 15 is 0 Å². The SMILES string of the molecule is COC(=O)CC/C(=C(\c1ccc(O)cc1)c1ccc(Br)cc1)c1ccccc1. The van der Waals surface area contributed by atoms with E-state index in [0.717, 1.165) is 32.3 Å². The van der Waals surface area contributed by atoms with Gasteiger partial charge in [-0.1, -0.05) is 70.5 Å². The fourth-order valence-electron chi connectivity index (χ4n) is 3.14. The minimum absolute atomic E-state index is 0.217. The van der Waals surface area contributed by atoms with E-state index in [1.807, 2.05) is 66.7 Å². The molecule has 0 amide bonds. The number of hydrogen-bond acceptors (Lipinski definition) is 3. The van der Waals surface area contributed by atoms with E-state index in [0.29, 0.717) is 12.8 Å². The molecule has 0 saturated heterocycles. The molecule has 3 aromatic rings. The molecule has 0 aliphatic rings. The van der Waals surface area contributed by atoms with Gasteiger partial charge >= 0.3 is 5.97 Å². The minimum atomic E-state index is -0.241. The molecule has 3 nitrogen and oxygen atoms in total. The number of methoxy groups -OCH3 is 1. The Morgan fingerprint density at radius 3 is 1.96 bits per heavy atom. The predicted octanol–water partition coefficient (Wildman–Crippen LogP) is 6.07. The molecule has 0 aliphatic carbocycles. The number of carbonyl (C=O) groups excluding carboxylic acids is 1. The number of halogens is 1. The van der Waals surface area contributed by atoms with E-state index in [2.05, 4.69) is 15.9 Å². The molecule has 0 aromatic heterocycles. The highest BCUT2D eigenvalue weighted by Gasteiger charge is 2.16. The van der Waals surface area contributed by atoms with E-state index in [-0.39, 0.29) is 11.7 Å². The Labute approximate surface area is 173 Å². The second-order valence-corrected chi connectivity index (χ2v) is 7.27.